The number of likely N-dealkylation sites (tertiary alicyclic amines) is 1. The van der Waals surface area contributed by atoms with E-state index in [1.165, 1.54) is 4.90 Å². The molecule has 1 aliphatic rings. The fourth-order valence-electron chi connectivity index (χ4n) is 3.80. The number of hydrogen-bond donors (Lipinski definition) is 0. The van der Waals surface area contributed by atoms with E-state index in [4.69, 9.17) is 4.74 Å². The Balaban J connectivity index is 1.79. The van der Waals surface area contributed by atoms with E-state index in [1.54, 1.807) is 42.7 Å². The van der Waals surface area contributed by atoms with E-state index in [-0.39, 0.29) is 12.1 Å². The van der Waals surface area contributed by atoms with Crippen LogP contribution in [0.5, 0.6) is 5.75 Å². The third kappa shape index (κ3) is 4.73. The number of nitrogens with zero attached hydrogens (tertiary/aromatic N) is 1. The Morgan fingerprint density at radius 1 is 1.15 bits per heavy atom. The van der Waals surface area contributed by atoms with Crippen LogP contribution in [0.4, 0.5) is 0 Å². The van der Waals surface area contributed by atoms with E-state index in [0.29, 0.717) is 23.5 Å². The number of halogens is 1. The molecule has 6 nitrogen and oxygen atoms in total. The van der Waals surface area contributed by atoms with E-state index in [0.717, 1.165) is 10.0 Å². The molecule has 1 aliphatic heterocycles. The molecule has 33 heavy (non-hydrogen) atoms. The Morgan fingerprint density at radius 2 is 1.94 bits per heavy atom. The number of amides is 1. The molecule has 1 unspecified atom stereocenters. The van der Waals surface area contributed by atoms with Crippen LogP contribution in [0, 0.1) is 0 Å². The molecule has 2 heterocycles. The van der Waals surface area contributed by atoms with E-state index >= 15 is 0 Å². The lowest BCUT2D eigenvalue weighted by atomic mass is 9.95. The molecule has 0 spiro atoms. The minimum Gasteiger partial charge on any atom is -0.872 e. The van der Waals surface area contributed by atoms with Gasteiger partial charge in [0.2, 0.25) is 5.78 Å². The predicted octanol–water partition coefficient (Wildman–Crippen LogP) is 3.25. The summed E-state index contributed by atoms with van der Waals surface area (Å²) in [7, 11) is 0. The van der Waals surface area contributed by atoms with Gasteiger partial charge in [-0.15, -0.1) is 0 Å². The molecular weight excluding hydrogens is 484 g/mol. The van der Waals surface area contributed by atoms with Crippen molar-refractivity contribution in [1.29, 1.82) is 0 Å². The SMILES string of the molecule is C=CCOc1ccc(C([O-])=C2C(=O)C(=O)N(Cc3ccc[nH+]c3)C2c2cccc(Br)c2)cc1. The van der Waals surface area contributed by atoms with Crippen LogP contribution in [0.25, 0.3) is 5.76 Å². The fourth-order valence-corrected chi connectivity index (χ4v) is 4.21. The van der Waals surface area contributed by atoms with Crippen LogP contribution in [0.3, 0.4) is 0 Å². The van der Waals surface area contributed by atoms with Gasteiger partial charge in [0, 0.05) is 21.7 Å². The monoisotopic (exact) mass is 504 g/mol. The highest BCUT2D eigenvalue weighted by molar-refractivity contribution is 9.10. The van der Waals surface area contributed by atoms with E-state index < -0.39 is 23.5 Å². The molecule has 1 fully saturated rings. The highest BCUT2D eigenvalue weighted by Gasteiger charge is 2.44. The van der Waals surface area contributed by atoms with Crippen molar-refractivity contribution in [2.24, 2.45) is 0 Å². The summed E-state index contributed by atoms with van der Waals surface area (Å²) in [6.07, 6.45) is 5.15. The Morgan fingerprint density at radius 3 is 2.61 bits per heavy atom. The molecule has 1 saturated heterocycles. The summed E-state index contributed by atoms with van der Waals surface area (Å²) in [5.41, 5.74) is 1.75. The highest BCUT2D eigenvalue weighted by Crippen LogP contribution is 2.40. The zero-order chi connectivity index (χ0) is 23.4. The number of aromatic amines is 1. The quantitative estimate of drug-likeness (QED) is 0.214. The Hall–Kier alpha value is -3.71. The summed E-state index contributed by atoms with van der Waals surface area (Å²) in [5.74, 6) is -1.37. The zero-order valence-corrected chi connectivity index (χ0v) is 19.2. The van der Waals surface area contributed by atoms with Gasteiger partial charge in [0.05, 0.1) is 12.6 Å². The van der Waals surface area contributed by atoms with Crippen LogP contribution in [0.2, 0.25) is 0 Å². The van der Waals surface area contributed by atoms with Gasteiger partial charge < -0.3 is 14.7 Å². The number of aromatic nitrogens is 1. The van der Waals surface area contributed by atoms with Crippen molar-refractivity contribution in [2.75, 3.05) is 6.61 Å². The maximum Gasteiger partial charge on any atom is 0.295 e. The van der Waals surface area contributed by atoms with Crippen LogP contribution < -0.4 is 14.8 Å². The van der Waals surface area contributed by atoms with Crippen LogP contribution in [-0.2, 0) is 16.1 Å². The number of nitrogens with one attached hydrogen (secondary N) is 1. The molecular formula is C26H21BrN2O4. The smallest absolute Gasteiger partial charge is 0.295 e. The second-order valence-corrected chi connectivity index (χ2v) is 8.41. The molecule has 7 heteroatoms. The zero-order valence-electron chi connectivity index (χ0n) is 17.7. The van der Waals surface area contributed by atoms with E-state index in [2.05, 4.69) is 27.5 Å². The predicted molar refractivity (Wildman–Crippen MR) is 124 cm³/mol. The van der Waals surface area contributed by atoms with Crippen LogP contribution >= 0.6 is 15.9 Å². The second-order valence-electron chi connectivity index (χ2n) is 7.50. The van der Waals surface area contributed by atoms with Gasteiger partial charge in [0.25, 0.3) is 5.91 Å². The molecule has 1 atom stereocenters. The van der Waals surface area contributed by atoms with E-state index in [9.17, 15) is 14.7 Å². The first-order valence-corrected chi connectivity index (χ1v) is 11.1. The number of rotatable bonds is 7. The number of benzene rings is 2. The first kappa shape index (κ1) is 22.5. The molecule has 3 aromatic rings. The van der Waals surface area contributed by atoms with Crippen LogP contribution in [-0.4, -0.2) is 23.2 Å². The molecule has 2 aromatic carbocycles. The summed E-state index contributed by atoms with van der Waals surface area (Å²) >= 11 is 3.45. The summed E-state index contributed by atoms with van der Waals surface area (Å²) in [6, 6.07) is 16.7. The van der Waals surface area contributed by atoms with Crippen LogP contribution in [0.1, 0.15) is 22.7 Å². The largest absolute Gasteiger partial charge is 0.872 e. The summed E-state index contributed by atoms with van der Waals surface area (Å²) in [4.78, 5) is 30.6. The average molecular weight is 505 g/mol. The Bertz CT molecular complexity index is 1220. The minimum atomic E-state index is -0.799. The van der Waals surface area contributed by atoms with Crippen LogP contribution in [0.15, 0.2) is 95.8 Å². The number of ketones is 1. The first-order chi connectivity index (χ1) is 16.0. The molecule has 1 aromatic heterocycles. The van der Waals surface area contributed by atoms with E-state index in [1.807, 2.05) is 36.4 Å². The lowest BCUT2D eigenvalue weighted by Gasteiger charge is -2.27. The minimum absolute atomic E-state index is 0.0576. The molecule has 4 rings (SSSR count). The van der Waals surface area contributed by atoms with Gasteiger partial charge in [-0.3, -0.25) is 9.59 Å². The number of ether oxygens (including phenoxy) is 1. The van der Waals surface area contributed by atoms with Gasteiger partial charge in [-0.05, 0) is 41.5 Å². The highest BCUT2D eigenvalue weighted by atomic mass is 79.9. The standard InChI is InChI=1S/C26H21BrN2O4/c1-2-13-33-21-10-8-18(9-11-21)24(30)22-23(19-6-3-7-20(27)14-19)29(26(32)25(22)31)16-17-5-4-12-28-15-17/h2-12,14-15,23,30H,1,13,16H2. The summed E-state index contributed by atoms with van der Waals surface area (Å²) in [5, 5.41) is 13.5. The lowest BCUT2D eigenvalue weighted by molar-refractivity contribution is -0.378. The average Bonchev–Trinajstić information content (AvgIpc) is 3.08. The van der Waals surface area contributed by atoms with Gasteiger partial charge >= 0.3 is 0 Å². The van der Waals surface area contributed by atoms with Gasteiger partial charge in [-0.1, -0.05) is 58.6 Å². The van der Waals surface area contributed by atoms with Gasteiger partial charge in [-0.25, -0.2) is 4.98 Å². The number of carbonyl (C=O) groups excluding carboxylic acids is 2. The van der Waals surface area contributed by atoms with Gasteiger partial charge in [0.1, 0.15) is 12.4 Å². The Kier molecular flexibility index (Phi) is 6.70. The van der Waals surface area contributed by atoms with Crippen molar-refractivity contribution >= 4 is 33.4 Å². The molecule has 0 aliphatic carbocycles. The number of pyridine rings is 1. The third-order valence-electron chi connectivity index (χ3n) is 5.30. The van der Waals surface area contributed by atoms with Crippen molar-refractivity contribution < 1.29 is 24.4 Å². The number of carbonyl (C=O) groups is 2. The molecule has 166 valence electrons. The van der Waals surface area contributed by atoms with Crippen molar-refractivity contribution in [1.82, 2.24) is 4.90 Å². The molecule has 0 radical (unpaired) electrons. The molecule has 0 saturated carbocycles. The fraction of sp³-hybridized carbons (Fsp3) is 0.115. The second kappa shape index (κ2) is 9.83. The first-order valence-electron chi connectivity index (χ1n) is 10.3. The summed E-state index contributed by atoms with van der Waals surface area (Å²) in [6.45, 7) is 4.13. The molecule has 1 amide bonds. The number of H-pyrrole nitrogens is 1. The maximum absolute atomic E-state index is 13.5. The lowest BCUT2D eigenvalue weighted by Crippen LogP contribution is -2.29. The number of Topliss-reactive ketones (excluding diaryl/α,β-unsaturated/α-hetero) is 1. The molecule has 1 N–H and O–H groups in total. The van der Waals surface area contributed by atoms with Gasteiger partial charge in [0.15, 0.2) is 12.4 Å². The maximum atomic E-state index is 13.5. The third-order valence-corrected chi connectivity index (χ3v) is 5.80. The Labute approximate surface area is 200 Å². The van der Waals surface area contributed by atoms with Crippen molar-refractivity contribution in [3.05, 3.63) is 112 Å². The normalized spacial score (nSPS) is 17.2. The topological polar surface area (TPSA) is 83.8 Å². The van der Waals surface area contributed by atoms with Crippen molar-refractivity contribution in [2.45, 2.75) is 12.6 Å². The number of hydrogen-bond acceptors (Lipinski definition) is 4. The van der Waals surface area contributed by atoms with Crippen molar-refractivity contribution in [3.8, 4) is 5.75 Å². The van der Waals surface area contributed by atoms with Gasteiger partial charge in [-0.2, -0.15) is 0 Å². The summed E-state index contributed by atoms with van der Waals surface area (Å²) < 4.78 is 6.25. The molecule has 0 bridgehead atoms. The van der Waals surface area contributed by atoms with Crippen molar-refractivity contribution in [3.63, 3.8) is 0 Å².